The number of carbonyl (C=O) groups excluding carboxylic acids is 2. The van der Waals surface area contributed by atoms with E-state index in [-0.39, 0.29) is 17.8 Å². The van der Waals surface area contributed by atoms with Gasteiger partial charge < -0.3 is 19.9 Å². The largest absolute Gasteiger partial charge is 0.416 e. The zero-order valence-electron chi connectivity index (χ0n) is 17.2. The predicted octanol–water partition coefficient (Wildman–Crippen LogP) is 2.27. The molecule has 5 heterocycles. The van der Waals surface area contributed by atoms with Crippen LogP contribution in [-0.2, 0) is 6.54 Å². The average molecular weight is 454 g/mol. The van der Waals surface area contributed by atoms with Gasteiger partial charge in [-0.15, -0.1) is 0 Å². The van der Waals surface area contributed by atoms with Crippen LogP contribution in [0, 0.1) is 0 Å². The van der Waals surface area contributed by atoms with E-state index in [2.05, 4.69) is 20.4 Å². The molecule has 0 aromatic carbocycles. The van der Waals surface area contributed by atoms with Crippen molar-refractivity contribution in [1.29, 1.82) is 0 Å². The fourth-order valence-corrected chi connectivity index (χ4v) is 3.89. The predicted molar refractivity (Wildman–Crippen MR) is 116 cm³/mol. The minimum Gasteiger partial charge on any atom is -0.391 e. The molecule has 0 aliphatic carbocycles. The van der Waals surface area contributed by atoms with Crippen LogP contribution < -0.4 is 15.0 Å². The van der Waals surface area contributed by atoms with Crippen LogP contribution in [0.4, 0.5) is 10.5 Å². The van der Waals surface area contributed by atoms with Crippen molar-refractivity contribution >= 4 is 29.3 Å². The summed E-state index contributed by atoms with van der Waals surface area (Å²) in [4.78, 5) is 36.8. The summed E-state index contributed by atoms with van der Waals surface area (Å²) in [6.45, 7) is 2.00. The Balaban J connectivity index is 1.26. The van der Waals surface area contributed by atoms with Crippen molar-refractivity contribution in [3.8, 4) is 11.7 Å². The third-order valence-corrected chi connectivity index (χ3v) is 5.83. The number of likely N-dealkylation sites (N-methyl/N-ethyl adjacent to an activating group) is 1. The molecule has 10 nitrogen and oxygen atoms in total. The van der Waals surface area contributed by atoms with E-state index in [1.54, 1.807) is 52.0 Å². The van der Waals surface area contributed by atoms with Gasteiger partial charge in [0, 0.05) is 43.7 Å². The van der Waals surface area contributed by atoms with Gasteiger partial charge in [-0.3, -0.25) is 4.79 Å². The third kappa shape index (κ3) is 3.78. The Morgan fingerprint density at radius 3 is 2.78 bits per heavy atom. The number of aromatic nitrogens is 4. The number of pyridine rings is 2. The Bertz CT molecular complexity index is 1160. The first-order valence-corrected chi connectivity index (χ1v) is 10.5. The Labute approximate surface area is 188 Å². The van der Waals surface area contributed by atoms with E-state index < -0.39 is 6.09 Å². The number of anilines is 1. The second kappa shape index (κ2) is 8.21. The second-order valence-corrected chi connectivity index (χ2v) is 8.09. The van der Waals surface area contributed by atoms with Crippen LogP contribution in [0.1, 0.15) is 22.5 Å². The van der Waals surface area contributed by atoms with Gasteiger partial charge in [-0.1, -0.05) is 11.6 Å². The van der Waals surface area contributed by atoms with Crippen molar-refractivity contribution < 1.29 is 14.3 Å². The summed E-state index contributed by atoms with van der Waals surface area (Å²) in [5.74, 6) is 0.530. The van der Waals surface area contributed by atoms with Crippen LogP contribution >= 0.6 is 11.6 Å². The lowest BCUT2D eigenvalue weighted by Crippen LogP contribution is -2.40. The van der Waals surface area contributed by atoms with E-state index in [0.29, 0.717) is 28.8 Å². The van der Waals surface area contributed by atoms with E-state index in [9.17, 15) is 9.59 Å². The van der Waals surface area contributed by atoms with Crippen LogP contribution in [0.25, 0.3) is 5.82 Å². The van der Waals surface area contributed by atoms with Crippen LogP contribution in [0.3, 0.4) is 0 Å². The van der Waals surface area contributed by atoms with Crippen LogP contribution in [0.5, 0.6) is 5.88 Å². The number of hydrogen-bond acceptors (Lipinski definition) is 7. The Morgan fingerprint density at radius 1 is 1.25 bits per heavy atom. The first-order valence-electron chi connectivity index (χ1n) is 10.1. The summed E-state index contributed by atoms with van der Waals surface area (Å²) in [6.07, 6.45) is 5.25. The maximum Gasteiger partial charge on any atom is 0.416 e. The second-order valence-electron chi connectivity index (χ2n) is 7.65. The number of fused-ring (bicyclic) bond motifs is 1. The van der Waals surface area contributed by atoms with Gasteiger partial charge >= 0.3 is 6.09 Å². The highest BCUT2D eigenvalue weighted by Gasteiger charge is 2.33. The molecule has 2 aliphatic rings. The summed E-state index contributed by atoms with van der Waals surface area (Å²) >= 11 is 5.88. The highest BCUT2D eigenvalue weighted by atomic mass is 35.5. The lowest BCUT2D eigenvalue weighted by atomic mass is 10.2. The van der Waals surface area contributed by atoms with Crippen molar-refractivity contribution in [2.45, 2.75) is 19.0 Å². The van der Waals surface area contributed by atoms with E-state index in [0.717, 1.165) is 25.1 Å². The van der Waals surface area contributed by atoms with E-state index in [4.69, 9.17) is 16.3 Å². The number of hydrogen-bond donors (Lipinski definition) is 1. The molecule has 2 aliphatic heterocycles. The minimum absolute atomic E-state index is 0.111. The number of nitrogens with zero attached hydrogens (tertiary/aromatic N) is 6. The molecule has 164 valence electrons. The molecular formula is C21H20ClN7O3. The first-order chi connectivity index (χ1) is 15.5. The third-order valence-electron chi connectivity index (χ3n) is 5.61. The Hall–Kier alpha value is -3.50. The molecule has 1 atom stereocenters. The van der Waals surface area contributed by atoms with Gasteiger partial charge in [-0.2, -0.15) is 5.10 Å². The molecule has 3 aromatic rings. The highest BCUT2D eigenvalue weighted by Crippen LogP contribution is 2.28. The summed E-state index contributed by atoms with van der Waals surface area (Å²) in [5, 5.41) is 8.13. The number of amides is 2. The quantitative estimate of drug-likeness (QED) is 0.645. The van der Waals surface area contributed by atoms with Crippen molar-refractivity contribution in [2.75, 3.05) is 25.0 Å². The molecule has 0 spiro atoms. The molecule has 1 saturated heterocycles. The standard InChI is InChI=1S/C21H20ClN7O3/c1-27(15-6-7-23-9-15)21(31)32-18-5-3-16(10-25-18)28-11-13-12-29(26-19(13)20(28)30)17-4-2-14(22)8-24-17/h2-5,8,10,12,15,23H,6-7,9,11H2,1H3. The van der Waals surface area contributed by atoms with E-state index in [1.807, 2.05) is 0 Å². The lowest BCUT2D eigenvalue weighted by molar-refractivity contribution is 0.0991. The zero-order valence-corrected chi connectivity index (χ0v) is 18.0. The number of carbonyl (C=O) groups is 2. The van der Waals surface area contributed by atoms with Crippen molar-refractivity contribution in [3.63, 3.8) is 0 Å². The average Bonchev–Trinajstić information content (AvgIpc) is 3.53. The molecule has 1 fully saturated rings. The molecular weight excluding hydrogens is 434 g/mol. The lowest BCUT2D eigenvalue weighted by Gasteiger charge is -2.22. The van der Waals surface area contributed by atoms with E-state index >= 15 is 0 Å². The summed E-state index contributed by atoms with van der Waals surface area (Å²) in [5.41, 5.74) is 1.75. The molecule has 11 heteroatoms. The monoisotopic (exact) mass is 453 g/mol. The Morgan fingerprint density at radius 2 is 2.12 bits per heavy atom. The van der Waals surface area contributed by atoms with Gasteiger partial charge in [0.1, 0.15) is 0 Å². The van der Waals surface area contributed by atoms with Gasteiger partial charge in [0.05, 0.1) is 23.5 Å². The molecule has 1 N–H and O–H groups in total. The van der Waals surface area contributed by atoms with Crippen molar-refractivity contribution in [2.24, 2.45) is 0 Å². The summed E-state index contributed by atoms with van der Waals surface area (Å²) in [7, 11) is 1.72. The smallest absolute Gasteiger partial charge is 0.391 e. The van der Waals surface area contributed by atoms with Crippen molar-refractivity contribution in [1.82, 2.24) is 30.0 Å². The summed E-state index contributed by atoms with van der Waals surface area (Å²) < 4.78 is 6.93. The number of ether oxygens (including phenoxy) is 1. The van der Waals surface area contributed by atoms with Gasteiger partial charge in [0.2, 0.25) is 5.88 Å². The maximum absolute atomic E-state index is 12.9. The normalized spacial score (nSPS) is 17.5. The van der Waals surface area contributed by atoms with Crippen LogP contribution in [0.2, 0.25) is 5.02 Å². The molecule has 1 unspecified atom stereocenters. The van der Waals surface area contributed by atoms with Gasteiger partial charge in [0.15, 0.2) is 11.5 Å². The fraction of sp³-hybridized carbons (Fsp3) is 0.286. The van der Waals surface area contributed by atoms with E-state index in [1.165, 1.54) is 12.4 Å². The maximum atomic E-state index is 12.9. The first kappa shape index (κ1) is 20.4. The van der Waals surface area contributed by atoms with Gasteiger partial charge in [0.25, 0.3) is 5.91 Å². The topological polar surface area (TPSA) is 105 Å². The van der Waals surface area contributed by atoms with Crippen molar-refractivity contribution in [3.05, 3.63) is 59.1 Å². The molecule has 5 rings (SSSR count). The number of nitrogens with one attached hydrogen (secondary N) is 1. The molecule has 3 aromatic heterocycles. The number of rotatable bonds is 4. The minimum atomic E-state index is -0.457. The Kier molecular flexibility index (Phi) is 5.24. The number of halogens is 1. The van der Waals surface area contributed by atoms with Crippen LogP contribution in [-0.4, -0.2) is 62.8 Å². The highest BCUT2D eigenvalue weighted by molar-refractivity contribution is 6.30. The molecule has 0 radical (unpaired) electrons. The molecule has 2 amide bonds. The van der Waals surface area contributed by atoms with Crippen LogP contribution in [0.15, 0.2) is 42.9 Å². The molecule has 0 saturated carbocycles. The fourth-order valence-electron chi connectivity index (χ4n) is 3.78. The SMILES string of the molecule is CN(C(=O)Oc1ccc(N2Cc3cn(-c4ccc(Cl)cn4)nc3C2=O)cn1)C1CCNC1. The van der Waals surface area contributed by atoms with Gasteiger partial charge in [-0.25, -0.2) is 19.4 Å². The molecule has 0 bridgehead atoms. The van der Waals surface area contributed by atoms with Gasteiger partial charge in [-0.05, 0) is 31.2 Å². The zero-order chi connectivity index (χ0) is 22.2. The molecule has 32 heavy (non-hydrogen) atoms. The summed E-state index contributed by atoms with van der Waals surface area (Å²) in [6, 6.07) is 6.84.